The highest BCUT2D eigenvalue weighted by atomic mass is 16.6. The maximum Gasteiger partial charge on any atom is 0.350 e. The summed E-state index contributed by atoms with van der Waals surface area (Å²) in [6.45, 7) is 2.29. The van der Waals surface area contributed by atoms with E-state index in [-0.39, 0.29) is 30.4 Å². The molecule has 0 saturated carbocycles. The molecule has 23 heavy (non-hydrogen) atoms. The van der Waals surface area contributed by atoms with Crippen LogP contribution >= 0.6 is 0 Å². The van der Waals surface area contributed by atoms with Crippen LogP contribution in [0, 0.1) is 10.1 Å². The van der Waals surface area contributed by atoms with Gasteiger partial charge in [0.2, 0.25) is 5.91 Å². The molecule has 0 unspecified atom stereocenters. The molecule has 2 rings (SSSR count). The van der Waals surface area contributed by atoms with E-state index in [9.17, 15) is 14.9 Å². The monoisotopic (exact) mass is 318 g/mol. The van der Waals surface area contributed by atoms with E-state index in [1.165, 1.54) is 23.6 Å². The second-order valence-corrected chi connectivity index (χ2v) is 4.89. The predicted octanol–water partition coefficient (Wildman–Crippen LogP) is 2.39. The fraction of sp³-hybridized carbons (Fsp3) is 0.333. The minimum absolute atomic E-state index is 0.0643. The Morgan fingerprint density at radius 3 is 2.61 bits per heavy atom. The third-order valence-electron chi connectivity index (χ3n) is 3.31. The van der Waals surface area contributed by atoms with Gasteiger partial charge in [0.25, 0.3) is 0 Å². The van der Waals surface area contributed by atoms with Crippen LogP contribution in [-0.2, 0) is 17.8 Å². The summed E-state index contributed by atoms with van der Waals surface area (Å²) in [5, 5.41) is 17.5. The Kier molecular flexibility index (Phi) is 5.29. The van der Waals surface area contributed by atoms with Crippen molar-refractivity contribution in [3.8, 4) is 5.88 Å². The zero-order chi connectivity index (χ0) is 16.8. The fourth-order valence-electron chi connectivity index (χ4n) is 2.04. The van der Waals surface area contributed by atoms with Gasteiger partial charge in [-0.15, -0.1) is 5.10 Å². The molecule has 1 heterocycles. The summed E-state index contributed by atoms with van der Waals surface area (Å²) in [5.41, 5.74) is 1.69. The van der Waals surface area contributed by atoms with E-state index in [2.05, 4.69) is 17.3 Å². The number of rotatable bonds is 7. The molecule has 0 fully saturated rings. The predicted molar refractivity (Wildman–Crippen MR) is 84.5 cm³/mol. The molecule has 1 N–H and O–H groups in total. The highest BCUT2D eigenvalue weighted by molar-refractivity contribution is 5.90. The first-order chi connectivity index (χ1) is 11.0. The maximum absolute atomic E-state index is 11.9. The Labute approximate surface area is 133 Å². The fourth-order valence-corrected chi connectivity index (χ4v) is 2.04. The van der Waals surface area contributed by atoms with Crippen molar-refractivity contribution < 1.29 is 14.5 Å². The van der Waals surface area contributed by atoms with Crippen LogP contribution in [0.2, 0.25) is 0 Å². The molecular formula is C15H18N4O4. The minimum atomic E-state index is -0.572. The number of nitro groups is 1. The molecule has 0 saturated heterocycles. The zero-order valence-electron chi connectivity index (χ0n) is 13.0. The standard InChI is InChI=1S/C15H18N4O4/c1-3-11-4-6-12(7-5-11)16-14(20)8-9-18-10-13(19(21)22)15(17-18)23-2/h4-7,10H,3,8-9H2,1-2H3,(H,16,20). The smallest absolute Gasteiger partial charge is 0.350 e. The third kappa shape index (κ3) is 4.29. The molecule has 1 amide bonds. The Balaban J connectivity index is 1.92. The van der Waals surface area contributed by atoms with E-state index in [0.29, 0.717) is 0 Å². The highest BCUT2D eigenvalue weighted by Gasteiger charge is 2.20. The van der Waals surface area contributed by atoms with E-state index in [1.54, 1.807) is 0 Å². The van der Waals surface area contributed by atoms with Crippen molar-refractivity contribution in [3.05, 3.63) is 46.1 Å². The summed E-state index contributed by atoms with van der Waals surface area (Å²) in [6, 6.07) is 7.60. The molecule has 0 atom stereocenters. The lowest BCUT2D eigenvalue weighted by Gasteiger charge is -2.06. The average Bonchev–Trinajstić information content (AvgIpc) is 2.97. The van der Waals surface area contributed by atoms with Crippen LogP contribution in [0.5, 0.6) is 5.88 Å². The van der Waals surface area contributed by atoms with Crippen LogP contribution in [0.4, 0.5) is 11.4 Å². The van der Waals surface area contributed by atoms with E-state index < -0.39 is 4.92 Å². The second kappa shape index (κ2) is 7.39. The van der Waals surface area contributed by atoms with Gasteiger partial charge in [-0.1, -0.05) is 19.1 Å². The van der Waals surface area contributed by atoms with Crippen LogP contribution in [-0.4, -0.2) is 27.7 Å². The minimum Gasteiger partial charge on any atom is -0.475 e. The summed E-state index contributed by atoms with van der Waals surface area (Å²) in [7, 11) is 1.31. The number of hydrogen-bond acceptors (Lipinski definition) is 5. The molecule has 1 aromatic carbocycles. The van der Waals surface area contributed by atoms with Gasteiger partial charge in [-0.3, -0.25) is 19.6 Å². The van der Waals surface area contributed by atoms with Gasteiger partial charge in [0.05, 0.1) is 18.6 Å². The van der Waals surface area contributed by atoms with Gasteiger partial charge in [0.15, 0.2) is 0 Å². The van der Waals surface area contributed by atoms with Crippen LogP contribution in [0.3, 0.4) is 0 Å². The molecule has 0 aliphatic carbocycles. The molecule has 1 aromatic heterocycles. The van der Waals surface area contributed by atoms with Crippen LogP contribution in [0.15, 0.2) is 30.5 Å². The number of methoxy groups -OCH3 is 1. The molecule has 0 radical (unpaired) electrons. The molecule has 0 aliphatic rings. The normalized spacial score (nSPS) is 10.3. The van der Waals surface area contributed by atoms with Crippen LogP contribution in [0.1, 0.15) is 18.9 Å². The molecule has 0 spiro atoms. The van der Waals surface area contributed by atoms with Gasteiger partial charge < -0.3 is 10.1 Å². The van der Waals surface area contributed by atoms with Crippen molar-refractivity contribution in [1.29, 1.82) is 0 Å². The van der Waals surface area contributed by atoms with Gasteiger partial charge in [0, 0.05) is 12.1 Å². The number of nitrogens with zero attached hydrogens (tertiary/aromatic N) is 3. The topological polar surface area (TPSA) is 99.3 Å². The number of carbonyl (C=O) groups is 1. The molecule has 0 bridgehead atoms. The molecule has 2 aromatic rings. The first kappa shape index (κ1) is 16.5. The Morgan fingerprint density at radius 1 is 1.39 bits per heavy atom. The second-order valence-electron chi connectivity index (χ2n) is 4.89. The van der Waals surface area contributed by atoms with Crippen molar-refractivity contribution in [2.24, 2.45) is 0 Å². The third-order valence-corrected chi connectivity index (χ3v) is 3.31. The van der Waals surface area contributed by atoms with Gasteiger partial charge >= 0.3 is 11.6 Å². The van der Waals surface area contributed by atoms with E-state index in [0.717, 1.165) is 12.1 Å². The summed E-state index contributed by atoms with van der Waals surface area (Å²) < 4.78 is 6.17. The molecule has 8 nitrogen and oxygen atoms in total. The Bertz CT molecular complexity index is 694. The maximum atomic E-state index is 11.9. The van der Waals surface area contributed by atoms with Gasteiger partial charge in [0.1, 0.15) is 6.20 Å². The number of ether oxygens (including phenoxy) is 1. The quantitative estimate of drug-likeness (QED) is 0.624. The zero-order valence-corrected chi connectivity index (χ0v) is 13.0. The van der Waals surface area contributed by atoms with Crippen molar-refractivity contribution in [1.82, 2.24) is 9.78 Å². The lowest BCUT2D eigenvalue weighted by molar-refractivity contribution is -0.385. The number of aryl methyl sites for hydroxylation is 2. The molecular weight excluding hydrogens is 300 g/mol. The lowest BCUT2D eigenvalue weighted by atomic mass is 10.1. The largest absolute Gasteiger partial charge is 0.475 e. The van der Waals surface area contributed by atoms with E-state index in [1.807, 2.05) is 24.3 Å². The molecule has 122 valence electrons. The number of hydrogen-bond donors (Lipinski definition) is 1. The van der Waals surface area contributed by atoms with Crippen LogP contribution < -0.4 is 10.1 Å². The summed E-state index contributed by atoms with van der Waals surface area (Å²) in [4.78, 5) is 22.2. The van der Waals surface area contributed by atoms with Gasteiger partial charge in [-0.2, -0.15) is 0 Å². The van der Waals surface area contributed by atoms with Crippen molar-refractivity contribution in [2.45, 2.75) is 26.3 Å². The van der Waals surface area contributed by atoms with Crippen molar-refractivity contribution in [3.63, 3.8) is 0 Å². The van der Waals surface area contributed by atoms with Gasteiger partial charge in [-0.05, 0) is 24.1 Å². The summed E-state index contributed by atoms with van der Waals surface area (Å²) >= 11 is 0. The summed E-state index contributed by atoms with van der Waals surface area (Å²) in [6.07, 6.45) is 2.34. The SMILES string of the molecule is CCc1ccc(NC(=O)CCn2cc([N+](=O)[O-])c(OC)n2)cc1. The van der Waals surface area contributed by atoms with E-state index in [4.69, 9.17) is 4.74 Å². The van der Waals surface area contributed by atoms with Crippen molar-refractivity contribution >= 4 is 17.3 Å². The Hall–Kier alpha value is -2.90. The van der Waals surface area contributed by atoms with Crippen LogP contribution in [0.25, 0.3) is 0 Å². The number of anilines is 1. The Morgan fingerprint density at radius 2 is 2.09 bits per heavy atom. The van der Waals surface area contributed by atoms with Crippen molar-refractivity contribution in [2.75, 3.05) is 12.4 Å². The number of carbonyl (C=O) groups excluding carboxylic acids is 1. The molecule has 0 aliphatic heterocycles. The van der Waals surface area contributed by atoms with E-state index >= 15 is 0 Å². The number of aromatic nitrogens is 2. The number of amides is 1. The number of nitrogens with one attached hydrogen (secondary N) is 1. The first-order valence-electron chi connectivity index (χ1n) is 7.18. The average molecular weight is 318 g/mol. The lowest BCUT2D eigenvalue weighted by Crippen LogP contribution is -2.14. The first-order valence-corrected chi connectivity index (χ1v) is 7.18. The summed E-state index contributed by atoms with van der Waals surface area (Å²) in [5.74, 6) is -0.253. The molecule has 8 heteroatoms. The number of benzene rings is 1. The highest BCUT2D eigenvalue weighted by Crippen LogP contribution is 2.24. The van der Waals surface area contributed by atoms with Gasteiger partial charge in [-0.25, -0.2) is 0 Å².